The first-order valence-electron chi connectivity index (χ1n) is 6.00. The van der Waals surface area contributed by atoms with E-state index in [0.717, 1.165) is 0 Å². The summed E-state index contributed by atoms with van der Waals surface area (Å²) in [4.78, 5) is 10.5. The van der Waals surface area contributed by atoms with Crippen LogP contribution in [0.1, 0.15) is 46.1 Å². The highest BCUT2D eigenvalue weighted by Gasteiger charge is 2.29. The fourth-order valence-corrected chi connectivity index (χ4v) is 2.73. The third kappa shape index (κ3) is 3.18. The molecule has 0 aromatic heterocycles. The van der Waals surface area contributed by atoms with Crippen LogP contribution < -0.4 is 5.46 Å². The monoisotopic (exact) mass is 229 g/mol. The quantitative estimate of drug-likeness (QED) is 0.574. The summed E-state index contributed by atoms with van der Waals surface area (Å²) in [6.07, 6.45) is 0. The van der Waals surface area contributed by atoms with Crippen molar-refractivity contribution in [1.29, 1.82) is 0 Å². The topological polar surface area (TPSA) is 29.4 Å². The van der Waals surface area contributed by atoms with Crippen molar-refractivity contribution >= 4 is 19.0 Å². The molecule has 0 aliphatic rings. The highest BCUT2D eigenvalue weighted by molar-refractivity contribution is 6.35. The van der Waals surface area contributed by atoms with Crippen LogP contribution in [0.15, 0.2) is 23.4 Å². The zero-order valence-electron chi connectivity index (χ0n) is 11.3. The maximum atomic E-state index is 10.5. The molecule has 90 valence electrons. The van der Waals surface area contributed by atoms with Crippen molar-refractivity contribution in [2.75, 3.05) is 0 Å². The third-order valence-corrected chi connectivity index (χ3v) is 3.11. The van der Waals surface area contributed by atoms with E-state index in [9.17, 15) is 4.91 Å². The number of nitroso groups, excluding NO2 is 1. The highest BCUT2D eigenvalue weighted by atomic mass is 16.3. The molecular weight excluding hydrogens is 209 g/mol. The van der Waals surface area contributed by atoms with Crippen LogP contribution in [0.3, 0.4) is 0 Å². The van der Waals surface area contributed by atoms with E-state index in [2.05, 4.69) is 39.8 Å². The Bertz CT molecular complexity index is 407. The largest absolute Gasteiger partial charge is 0.145 e. The Balaban J connectivity index is 3.21. The molecule has 0 bridgehead atoms. The van der Waals surface area contributed by atoms with E-state index >= 15 is 0 Å². The van der Waals surface area contributed by atoms with Gasteiger partial charge in [0.05, 0.1) is 0 Å². The Morgan fingerprint density at radius 2 is 1.82 bits per heavy atom. The lowest BCUT2D eigenvalue weighted by Gasteiger charge is -2.34. The minimum Gasteiger partial charge on any atom is -0.145 e. The lowest BCUT2D eigenvalue weighted by molar-refractivity contribution is 0.258. The van der Waals surface area contributed by atoms with Crippen LogP contribution in [0.4, 0.5) is 5.69 Å². The molecule has 1 rings (SSSR count). The minimum atomic E-state index is 0.163. The second-order valence-corrected chi connectivity index (χ2v) is 6.00. The maximum Gasteiger partial charge on any atom is 0.117 e. The van der Waals surface area contributed by atoms with Gasteiger partial charge < -0.3 is 0 Å². The summed E-state index contributed by atoms with van der Waals surface area (Å²) in [7, 11) is 5.82. The molecule has 0 aliphatic heterocycles. The Labute approximate surface area is 105 Å². The average molecular weight is 229 g/mol. The third-order valence-electron chi connectivity index (χ3n) is 3.11. The normalized spacial score (nSPS) is 13.8. The van der Waals surface area contributed by atoms with E-state index in [1.54, 1.807) is 6.07 Å². The summed E-state index contributed by atoms with van der Waals surface area (Å²) >= 11 is 0. The van der Waals surface area contributed by atoms with Crippen LogP contribution in [-0.4, -0.2) is 7.85 Å². The lowest BCUT2D eigenvalue weighted by atomic mass is 9.70. The number of benzene rings is 1. The fraction of sp³-hybridized carbons (Fsp3) is 0.571. The molecule has 3 heteroatoms. The van der Waals surface area contributed by atoms with Crippen molar-refractivity contribution in [1.82, 2.24) is 0 Å². The van der Waals surface area contributed by atoms with Crippen LogP contribution in [0.5, 0.6) is 0 Å². The first-order valence-corrected chi connectivity index (χ1v) is 6.00. The van der Waals surface area contributed by atoms with E-state index < -0.39 is 0 Å². The van der Waals surface area contributed by atoms with Crippen LogP contribution in [0, 0.1) is 16.2 Å². The zero-order valence-corrected chi connectivity index (χ0v) is 11.3. The Hall–Kier alpha value is -1.12. The van der Waals surface area contributed by atoms with Gasteiger partial charge in [-0.2, -0.15) is 0 Å². The standard InChI is InChI=1S/C14H20BNO/c1-9(2)13(14(3,4)5)10-6-7-12(16-17)11(15)8-10/h6-9,13H,1-5H3. The van der Waals surface area contributed by atoms with Crippen molar-refractivity contribution in [2.45, 2.75) is 40.5 Å². The first kappa shape index (κ1) is 13.9. The zero-order chi connectivity index (χ0) is 13.2. The Kier molecular flexibility index (Phi) is 4.13. The predicted molar refractivity (Wildman–Crippen MR) is 74.3 cm³/mol. The SMILES string of the molecule is [B]c1cc(C(C(C)C)C(C)(C)C)ccc1N=O. The molecule has 0 aliphatic carbocycles. The fourth-order valence-electron chi connectivity index (χ4n) is 2.73. The summed E-state index contributed by atoms with van der Waals surface area (Å²) in [5.74, 6) is 0.926. The van der Waals surface area contributed by atoms with E-state index in [4.69, 9.17) is 7.85 Å². The molecule has 2 radical (unpaired) electrons. The molecule has 1 atom stereocenters. The van der Waals surface area contributed by atoms with Crippen molar-refractivity contribution in [3.63, 3.8) is 0 Å². The van der Waals surface area contributed by atoms with Gasteiger partial charge in [0, 0.05) is 0 Å². The van der Waals surface area contributed by atoms with Crippen LogP contribution in [0.2, 0.25) is 0 Å². The number of hydrogen-bond donors (Lipinski definition) is 0. The van der Waals surface area contributed by atoms with Crippen molar-refractivity contribution in [3.8, 4) is 0 Å². The lowest BCUT2D eigenvalue weighted by Crippen LogP contribution is -2.24. The molecule has 0 heterocycles. The van der Waals surface area contributed by atoms with Crippen molar-refractivity contribution in [2.24, 2.45) is 16.5 Å². The summed E-state index contributed by atoms with van der Waals surface area (Å²) in [5.41, 5.74) is 2.13. The van der Waals surface area contributed by atoms with Gasteiger partial charge in [-0.25, -0.2) is 0 Å². The van der Waals surface area contributed by atoms with Gasteiger partial charge in [0.25, 0.3) is 0 Å². The number of nitrogens with zero attached hydrogens (tertiary/aromatic N) is 1. The van der Waals surface area contributed by atoms with Crippen LogP contribution in [-0.2, 0) is 0 Å². The maximum absolute atomic E-state index is 10.5. The summed E-state index contributed by atoms with van der Waals surface area (Å²) < 4.78 is 0. The van der Waals surface area contributed by atoms with E-state index in [0.29, 0.717) is 23.0 Å². The molecular formula is C14H20BNO. The summed E-state index contributed by atoms with van der Waals surface area (Å²) in [6, 6.07) is 5.55. The Morgan fingerprint density at radius 1 is 1.24 bits per heavy atom. The molecule has 0 spiro atoms. The second kappa shape index (κ2) is 5.03. The van der Waals surface area contributed by atoms with Crippen LogP contribution in [0.25, 0.3) is 0 Å². The van der Waals surface area contributed by atoms with Gasteiger partial charge in [0.1, 0.15) is 13.5 Å². The number of rotatable bonds is 3. The minimum absolute atomic E-state index is 0.163. The van der Waals surface area contributed by atoms with Crippen LogP contribution >= 0.6 is 0 Å². The molecule has 17 heavy (non-hydrogen) atoms. The molecule has 0 saturated carbocycles. The molecule has 1 unspecified atom stereocenters. The van der Waals surface area contributed by atoms with Gasteiger partial charge in [-0.3, -0.25) is 0 Å². The molecule has 0 fully saturated rings. The van der Waals surface area contributed by atoms with Crippen molar-refractivity contribution in [3.05, 3.63) is 28.7 Å². The van der Waals surface area contributed by atoms with E-state index in [1.807, 2.05) is 12.1 Å². The van der Waals surface area contributed by atoms with Gasteiger partial charge >= 0.3 is 0 Å². The first-order chi connectivity index (χ1) is 7.77. The van der Waals surface area contributed by atoms with Gasteiger partial charge in [-0.05, 0) is 34.1 Å². The summed E-state index contributed by atoms with van der Waals surface area (Å²) in [5, 5.41) is 2.90. The molecule has 2 nitrogen and oxygen atoms in total. The summed E-state index contributed by atoms with van der Waals surface area (Å²) in [6.45, 7) is 11.1. The van der Waals surface area contributed by atoms with Gasteiger partial charge in [-0.15, -0.1) is 4.91 Å². The predicted octanol–water partition coefficient (Wildman–Crippen LogP) is 3.66. The molecule has 0 amide bonds. The molecule has 1 aromatic carbocycles. The van der Waals surface area contributed by atoms with Gasteiger partial charge in [-0.1, -0.05) is 52.2 Å². The Morgan fingerprint density at radius 3 is 2.18 bits per heavy atom. The van der Waals surface area contributed by atoms with E-state index in [1.165, 1.54) is 5.56 Å². The molecule has 0 N–H and O–H groups in total. The second-order valence-electron chi connectivity index (χ2n) is 6.00. The van der Waals surface area contributed by atoms with Gasteiger partial charge in [0.2, 0.25) is 0 Å². The van der Waals surface area contributed by atoms with Crippen molar-refractivity contribution < 1.29 is 0 Å². The average Bonchev–Trinajstić information content (AvgIpc) is 2.15. The van der Waals surface area contributed by atoms with E-state index in [-0.39, 0.29) is 5.41 Å². The highest BCUT2D eigenvalue weighted by Crippen LogP contribution is 2.40. The smallest absolute Gasteiger partial charge is 0.117 e. The van der Waals surface area contributed by atoms with Gasteiger partial charge in [0.15, 0.2) is 0 Å². The molecule has 0 saturated heterocycles. The number of hydrogen-bond acceptors (Lipinski definition) is 2. The molecule has 1 aromatic rings.